The van der Waals surface area contributed by atoms with E-state index in [2.05, 4.69) is 12.2 Å². The molecule has 0 aromatic heterocycles. The van der Waals surface area contributed by atoms with Crippen molar-refractivity contribution < 1.29 is 0 Å². The van der Waals surface area contributed by atoms with E-state index in [1.54, 1.807) is 19.3 Å². The molecule has 0 radical (unpaired) electrons. The molecule has 0 aromatic rings. The lowest BCUT2D eigenvalue weighted by Crippen LogP contribution is -2.58. The fourth-order valence-electron chi connectivity index (χ4n) is 5.33. The van der Waals surface area contributed by atoms with Crippen LogP contribution in [0.15, 0.2) is 0 Å². The first kappa shape index (κ1) is 7.28. The van der Waals surface area contributed by atoms with E-state index in [-0.39, 0.29) is 0 Å². The van der Waals surface area contributed by atoms with Gasteiger partial charge in [0.1, 0.15) is 0 Å². The van der Waals surface area contributed by atoms with Crippen LogP contribution in [-0.2, 0) is 0 Å². The topological polar surface area (TPSA) is 21.9 Å². The Morgan fingerprint density at radius 3 is 2.15 bits per heavy atom. The molecule has 1 aliphatic heterocycles. The van der Waals surface area contributed by atoms with Crippen molar-refractivity contribution in [1.29, 1.82) is 0 Å². The molecule has 5 rings (SSSR count). The summed E-state index contributed by atoms with van der Waals surface area (Å²) < 4.78 is 0. The minimum absolute atomic E-state index is 0.639. The molecule has 5 aliphatic rings. The van der Waals surface area contributed by atoms with Crippen LogP contribution in [0, 0.1) is 23.2 Å². The van der Waals surface area contributed by atoms with Crippen LogP contribution < -0.4 is 5.32 Å². The number of rotatable bonds is 0. The summed E-state index contributed by atoms with van der Waals surface area (Å²) in [7, 11) is 0. The highest BCUT2D eigenvalue weighted by Gasteiger charge is 2.68. The number of hydrogen-bond donors (Lipinski definition) is 1. The second-order valence-electron chi connectivity index (χ2n) is 6.43. The zero-order chi connectivity index (χ0) is 8.68. The third-order valence-corrected chi connectivity index (χ3v) is 5.71. The highest BCUT2D eigenvalue weighted by Crippen LogP contribution is 2.67. The van der Waals surface area contributed by atoms with Crippen molar-refractivity contribution in [3.05, 3.63) is 0 Å². The zero-order valence-corrected chi connectivity index (χ0v) is 8.47. The summed E-state index contributed by atoms with van der Waals surface area (Å²) in [4.78, 5) is 0. The summed E-state index contributed by atoms with van der Waals surface area (Å²) in [6.45, 7) is 3.91. The van der Waals surface area contributed by atoms with Crippen molar-refractivity contribution in [2.24, 2.45) is 23.2 Å². The van der Waals surface area contributed by atoms with E-state index in [9.17, 15) is 0 Å². The van der Waals surface area contributed by atoms with Crippen molar-refractivity contribution in [1.82, 2.24) is 5.32 Å². The quantitative estimate of drug-likeness (QED) is 0.563. The van der Waals surface area contributed by atoms with Gasteiger partial charge in [0, 0.05) is 12.1 Å². The van der Waals surface area contributed by atoms with Gasteiger partial charge in [0.15, 0.2) is 0 Å². The van der Waals surface area contributed by atoms with Gasteiger partial charge in [-0.2, -0.15) is 0 Å². The van der Waals surface area contributed by atoms with Gasteiger partial charge in [-0.25, -0.2) is 0 Å². The second kappa shape index (κ2) is 1.84. The Labute approximate surface area is 80.3 Å². The van der Waals surface area contributed by atoms with E-state index < -0.39 is 0 Å². The third kappa shape index (κ3) is 0.674. The smallest absolute Gasteiger partial charge is 0.0390 e. The zero-order valence-electron chi connectivity index (χ0n) is 8.47. The molecule has 1 nitrogen and oxygen atoms in total. The molecule has 13 heavy (non-hydrogen) atoms. The molecule has 3 unspecified atom stereocenters. The van der Waals surface area contributed by atoms with Gasteiger partial charge in [0.25, 0.3) is 0 Å². The monoisotopic (exact) mass is 177 g/mol. The highest BCUT2D eigenvalue weighted by molar-refractivity contribution is 5.24. The molecule has 0 amide bonds. The molecule has 1 saturated heterocycles. The van der Waals surface area contributed by atoms with Gasteiger partial charge in [-0.1, -0.05) is 6.92 Å². The first-order valence-corrected chi connectivity index (χ1v) is 5.97. The van der Waals surface area contributed by atoms with E-state index in [1.165, 1.54) is 19.4 Å². The van der Waals surface area contributed by atoms with Crippen LogP contribution in [0.5, 0.6) is 0 Å². The van der Waals surface area contributed by atoms with Crippen molar-refractivity contribution in [3.63, 3.8) is 0 Å². The maximum absolute atomic E-state index is 3.73. The molecular formula is C12H19N. The Morgan fingerprint density at radius 2 is 1.69 bits per heavy atom. The molecule has 4 saturated carbocycles. The maximum atomic E-state index is 3.73. The van der Waals surface area contributed by atoms with E-state index in [4.69, 9.17) is 0 Å². The predicted octanol–water partition coefficient (Wildman–Crippen LogP) is 2.17. The Kier molecular flexibility index (Phi) is 1.03. The molecule has 1 spiro atoms. The average Bonchev–Trinajstić information content (AvgIpc) is 2.78. The Hall–Kier alpha value is -0.0400. The second-order valence-corrected chi connectivity index (χ2v) is 6.43. The van der Waals surface area contributed by atoms with E-state index in [0.29, 0.717) is 11.0 Å². The molecule has 4 bridgehead atoms. The highest BCUT2D eigenvalue weighted by atomic mass is 15.2. The van der Waals surface area contributed by atoms with Gasteiger partial charge < -0.3 is 5.32 Å². The molecule has 5 fully saturated rings. The van der Waals surface area contributed by atoms with E-state index in [0.717, 1.165) is 17.8 Å². The lowest BCUT2D eigenvalue weighted by molar-refractivity contribution is -0.0768. The Bertz CT molecular complexity index is 252. The summed E-state index contributed by atoms with van der Waals surface area (Å²) in [5.74, 6) is 3.27. The molecule has 1 N–H and O–H groups in total. The van der Waals surface area contributed by atoms with Gasteiger partial charge in [0.05, 0.1) is 0 Å². The Balaban J connectivity index is 1.83. The lowest BCUT2D eigenvalue weighted by atomic mass is 9.45. The van der Waals surface area contributed by atoms with Crippen molar-refractivity contribution in [3.8, 4) is 0 Å². The summed E-state index contributed by atoms with van der Waals surface area (Å²) in [6.07, 6.45) is 7.75. The van der Waals surface area contributed by atoms with Crippen molar-refractivity contribution in [2.45, 2.75) is 44.6 Å². The molecule has 3 atom stereocenters. The summed E-state index contributed by atoms with van der Waals surface area (Å²) in [5, 5.41) is 3.73. The fraction of sp³-hybridized carbons (Fsp3) is 1.00. The van der Waals surface area contributed by atoms with Gasteiger partial charge in [-0.05, 0) is 55.3 Å². The fourth-order valence-corrected chi connectivity index (χ4v) is 5.33. The van der Waals surface area contributed by atoms with E-state index >= 15 is 0 Å². The largest absolute Gasteiger partial charge is 0.307 e. The maximum Gasteiger partial charge on any atom is 0.0390 e. The molecule has 72 valence electrons. The first-order valence-electron chi connectivity index (χ1n) is 5.97. The van der Waals surface area contributed by atoms with Crippen LogP contribution >= 0.6 is 0 Å². The van der Waals surface area contributed by atoms with Crippen molar-refractivity contribution in [2.75, 3.05) is 6.54 Å². The minimum atomic E-state index is 0.639. The van der Waals surface area contributed by atoms with E-state index in [1.807, 2.05) is 0 Å². The number of hydrogen-bond acceptors (Lipinski definition) is 1. The Morgan fingerprint density at radius 1 is 1.08 bits per heavy atom. The van der Waals surface area contributed by atoms with Crippen LogP contribution in [0.1, 0.15) is 39.0 Å². The van der Waals surface area contributed by atoms with Crippen LogP contribution in [0.3, 0.4) is 0 Å². The molecule has 4 aliphatic carbocycles. The first-order chi connectivity index (χ1) is 6.22. The SMILES string of the molecule is CC12CC3CC(CC(C3)C13CN3)C2. The van der Waals surface area contributed by atoms with Gasteiger partial charge >= 0.3 is 0 Å². The standard InChI is InChI=1S/C12H19N/c1-11-5-8-2-9(6-11)4-10(3-8)12(11)7-13-12/h8-10,13H,2-7H2,1H3. The van der Waals surface area contributed by atoms with Gasteiger partial charge in [0.2, 0.25) is 0 Å². The van der Waals surface area contributed by atoms with Crippen LogP contribution in [0.4, 0.5) is 0 Å². The summed E-state index contributed by atoms with van der Waals surface area (Å²) >= 11 is 0. The normalized spacial score (nSPS) is 67.6. The predicted molar refractivity (Wildman–Crippen MR) is 52.4 cm³/mol. The van der Waals surface area contributed by atoms with Crippen molar-refractivity contribution >= 4 is 0 Å². The average molecular weight is 177 g/mol. The third-order valence-electron chi connectivity index (χ3n) is 5.71. The van der Waals surface area contributed by atoms with Crippen LogP contribution in [0.25, 0.3) is 0 Å². The molecule has 1 heteroatoms. The van der Waals surface area contributed by atoms with Crippen LogP contribution in [0.2, 0.25) is 0 Å². The molecule has 0 aromatic carbocycles. The van der Waals surface area contributed by atoms with Gasteiger partial charge in [-0.15, -0.1) is 0 Å². The van der Waals surface area contributed by atoms with Crippen LogP contribution in [-0.4, -0.2) is 12.1 Å². The molecule has 1 heterocycles. The summed E-state index contributed by atoms with van der Waals surface area (Å²) in [5.41, 5.74) is 1.34. The lowest BCUT2D eigenvalue weighted by Gasteiger charge is -2.60. The summed E-state index contributed by atoms with van der Waals surface area (Å²) in [6, 6.07) is 0. The number of nitrogens with one attached hydrogen (secondary N) is 1. The van der Waals surface area contributed by atoms with Gasteiger partial charge in [-0.3, -0.25) is 0 Å². The molecular weight excluding hydrogens is 158 g/mol. The minimum Gasteiger partial charge on any atom is -0.307 e.